The molecule has 0 unspecified atom stereocenters. The Balaban J connectivity index is 1.36. The fraction of sp³-hybridized carbons (Fsp3) is 0.333. The van der Waals surface area contributed by atoms with Crippen LogP contribution in [-0.2, 0) is 23.4 Å². The van der Waals surface area contributed by atoms with Crippen molar-refractivity contribution in [1.29, 1.82) is 0 Å². The number of anilines is 1. The molecule has 210 valence electrons. The van der Waals surface area contributed by atoms with Crippen LogP contribution < -0.4 is 10.6 Å². The lowest BCUT2D eigenvalue weighted by Crippen LogP contribution is -2.38. The molecule has 1 aliphatic rings. The van der Waals surface area contributed by atoms with Gasteiger partial charge in [-0.3, -0.25) is 9.48 Å². The predicted molar refractivity (Wildman–Crippen MR) is 153 cm³/mol. The monoisotopic (exact) mass is 564 g/mol. The van der Waals surface area contributed by atoms with Crippen LogP contribution in [0.3, 0.4) is 0 Å². The number of carbonyl (C=O) groups is 1. The Kier molecular flexibility index (Phi) is 7.65. The third-order valence-corrected chi connectivity index (χ3v) is 8.71. The molecule has 4 aromatic rings. The summed E-state index contributed by atoms with van der Waals surface area (Å²) in [6.07, 6.45) is 3.80. The number of halogens is 1. The summed E-state index contributed by atoms with van der Waals surface area (Å²) < 4.78 is 40.6. The quantitative estimate of drug-likeness (QED) is 0.280. The van der Waals surface area contributed by atoms with Crippen LogP contribution in [0.25, 0.3) is 22.2 Å². The second-order valence-electron chi connectivity index (χ2n) is 10.6. The smallest absolute Gasteiger partial charge is 0.251 e. The molecule has 10 heteroatoms. The number of amides is 1. The average molecular weight is 565 g/mol. The van der Waals surface area contributed by atoms with E-state index >= 15 is 0 Å². The number of aryl methyl sites for hydroxylation is 2. The highest BCUT2D eigenvalue weighted by atomic mass is 32.2. The van der Waals surface area contributed by atoms with E-state index in [1.807, 2.05) is 37.4 Å². The van der Waals surface area contributed by atoms with E-state index in [2.05, 4.69) is 10.6 Å². The summed E-state index contributed by atoms with van der Waals surface area (Å²) in [5.74, 6) is -0.588. The normalized spacial score (nSPS) is 17.6. The number of fused-ring (bicyclic) bond motifs is 1. The van der Waals surface area contributed by atoms with E-state index in [1.165, 1.54) is 12.1 Å². The minimum Gasteiger partial charge on any atom is -0.393 e. The lowest BCUT2D eigenvalue weighted by atomic mass is 9.93. The summed E-state index contributed by atoms with van der Waals surface area (Å²) in [5, 5.41) is 21.6. The standard InChI is InChI=1S/C30H33FN4O4S/c1-18-14-28(40(3,38)39)21(15-26(18)31)17-32-23-10-13-27-25(16-23)29(34-35(27)2)19-4-6-20(7-5-19)30(37)33-22-8-11-24(36)12-9-22/h4-7,10,13-16,22,24,32,36H,8-9,11-12,17H2,1-3H3,(H,33,37). The van der Waals surface area contributed by atoms with Gasteiger partial charge in [0.1, 0.15) is 11.5 Å². The second kappa shape index (κ2) is 11.0. The maximum Gasteiger partial charge on any atom is 0.251 e. The van der Waals surface area contributed by atoms with Gasteiger partial charge in [0.15, 0.2) is 9.84 Å². The molecule has 5 rings (SSSR count). The van der Waals surface area contributed by atoms with Gasteiger partial charge in [0.25, 0.3) is 5.91 Å². The van der Waals surface area contributed by atoms with Gasteiger partial charge in [0.2, 0.25) is 0 Å². The van der Waals surface area contributed by atoms with Crippen molar-refractivity contribution < 1.29 is 22.7 Å². The maximum atomic E-state index is 14.3. The van der Waals surface area contributed by atoms with E-state index in [-0.39, 0.29) is 35.1 Å². The molecule has 1 heterocycles. The van der Waals surface area contributed by atoms with Gasteiger partial charge in [0, 0.05) is 48.1 Å². The van der Waals surface area contributed by atoms with Gasteiger partial charge < -0.3 is 15.7 Å². The first-order valence-electron chi connectivity index (χ1n) is 13.3. The van der Waals surface area contributed by atoms with Crippen molar-refractivity contribution in [3.05, 3.63) is 77.1 Å². The van der Waals surface area contributed by atoms with Crippen molar-refractivity contribution in [3.8, 4) is 11.3 Å². The van der Waals surface area contributed by atoms with E-state index in [4.69, 9.17) is 5.10 Å². The first kappa shape index (κ1) is 27.8. The Hall–Kier alpha value is -3.76. The van der Waals surface area contributed by atoms with Crippen molar-refractivity contribution in [2.75, 3.05) is 11.6 Å². The zero-order valence-corrected chi connectivity index (χ0v) is 23.6. The molecular formula is C30H33FN4O4S. The number of hydrogen-bond donors (Lipinski definition) is 3. The van der Waals surface area contributed by atoms with Crippen LogP contribution in [0.2, 0.25) is 0 Å². The Morgan fingerprint density at radius 2 is 1.77 bits per heavy atom. The molecule has 3 aromatic carbocycles. The zero-order chi connectivity index (χ0) is 28.6. The minimum atomic E-state index is -3.53. The lowest BCUT2D eigenvalue weighted by molar-refractivity contribution is 0.0867. The van der Waals surface area contributed by atoms with Crippen LogP contribution in [0.5, 0.6) is 0 Å². The van der Waals surface area contributed by atoms with Crippen LogP contribution >= 0.6 is 0 Å². The predicted octanol–water partition coefficient (Wildman–Crippen LogP) is 4.74. The van der Waals surface area contributed by atoms with Crippen molar-refractivity contribution in [2.24, 2.45) is 7.05 Å². The van der Waals surface area contributed by atoms with Crippen molar-refractivity contribution in [2.45, 2.75) is 56.2 Å². The molecule has 0 radical (unpaired) electrons. The minimum absolute atomic E-state index is 0.0751. The summed E-state index contributed by atoms with van der Waals surface area (Å²) in [7, 11) is -1.67. The average Bonchev–Trinajstić information content (AvgIpc) is 3.25. The first-order valence-corrected chi connectivity index (χ1v) is 15.2. The molecule has 1 aliphatic carbocycles. The van der Waals surface area contributed by atoms with E-state index in [0.717, 1.165) is 46.9 Å². The van der Waals surface area contributed by atoms with Crippen LogP contribution in [0.15, 0.2) is 59.5 Å². The largest absolute Gasteiger partial charge is 0.393 e. The second-order valence-corrected chi connectivity index (χ2v) is 12.6. The van der Waals surface area contributed by atoms with Gasteiger partial charge in [-0.15, -0.1) is 0 Å². The van der Waals surface area contributed by atoms with Crippen LogP contribution in [0, 0.1) is 12.7 Å². The molecule has 0 aliphatic heterocycles. The molecule has 0 atom stereocenters. The van der Waals surface area contributed by atoms with Crippen molar-refractivity contribution in [1.82, 2.24) is 15.1 Å². The summed E-state index contributed by atoms with van der Waals surface area (Å²) in [6, 6.07) is 15.7. The number of sulfone groups is 1. The third-order valence-electron chi connectivity index (χ3n) is 7.53. The SMILES string of the molecule is Cc1cc(S(C)(=O)=O)c(CNc2ccc3c(c2)c(-c2ccc(C(=O)NC4CCC(O)CC4)cc2)nn3C)cc1F. The highest BCUT2D eigenvalue weighted by Gasteiger charge is 2.22. The molecule has 1 aromatic heterocycles. The molecule has 1 fully saturated rings. The molecule has 3 N–H and O–H groups in total. The number of aromatic nitrogens is 2. The van der Waals surface area contributed by atoms with Gasteiger partial charge in [0.05, 0.1) is 16.5 Å². The van der Waals surface area contributed by atoms with Crippen LogP contribution in [0.1, 0.15) is 47.2 Å². The molecule has 0 saturated heterocycles. The summed E-state index contributed by atoms with van der Waals surface area (Å²) in [6.45, 7) is 1.67. The topological polar surface area (TPSA) is 113 Å². The number of carbonyl (C=O) groups excluding carboxylic acids is 1. The number of nitrogens with one attached hydrogen (secondary N) is 2. The van der Waals surface area contributed by atoms with Crippen LogP contribution in [-0.4, -0.2) is 47.6 Å². The molecule has 40 heavy (non-hydrogen) atoms. The van der Waals surface area contributed by atoms with Crippen molar-refractivity contribution >= 4 is 32.3 Å². The molecule has 1 amide bonds. The number of nitrogens with zero attached hydrogens (tertiary/aromatic N) is 2. The van der Waals surface area contributed by atoms with E-state index in [9.17, 15) is 22.7 Å². The molecule has 8 nitrogen and oxygen atoms in total. The number of aliphatic hydroxyl groups excluding tert-OH is 1. The lowest BCUT2D eigenvalue weighted by Gasteiger charge is -2.26. The van der Waals surface area contributed by atoms with E-state index < -0.39 is 15.7 Å². The zero-order valence-electron chi connectivity index (χ0n) is 22.7. The van der Waals surface area contributed by atoms with Gasteiger partial charge in [-0.2, -0.15) is 5.10 Å². The first-order chi connectivity index (χ1) is 19.0. The summed E-state index contributed by atoms with van der Waals surface area (Å²) in [4.78, 5) is 12.9. The maximum absolute atomic E-state index is 14.3. The molecule has 0 bridgehead atoms. The number of rotatable bonds is 7. The third kappa shape index (κ3) is 5.88. The van der Waals surface area contributed by atoms with E-state index in [1.54, 1.807) is 23.7 Å². The fourth-order valence-electron chi connectivity index (χ4n) is 5.23. The fourth-order valence-corrected chi connectivity index (χ4v) is 6.23. The van der Waals surface area contributed by atoms with Crippen LogP contribution in [0.4, 0.5) is 10.1 Å². The van der Waals surface area contributed by atoms with E-state index in [0.29, 0.717) is 24.0 Å². The summed E-state index contributed by atoms with van der Waals surface area (Å²) in [5.41, 5.74) is 4.42. The Morgan fingerprint density at radius 1 is 1.07 bits per heavy atom. The van der Waals surface area contributed by atoms with Crippen molar-refractivity contribution in [3.63, 3.8) is 0 Å². The molecular weight excluding hydrogens is 531 g/mol. The summed E-state index contributed by atoms with van der Waals surface area (Å²) >= 11 is 0. The van der Waals surface area contributed by atoms with Gasteiger partial charge in [-0.25, -0.2) is 12.8 Å². The molecule has 0 spiro atoms. The highest BCUT2D eigenvalue weighted by molar-refractivity contribution is 7.90. The van der Waals surface area contributed by atoms with Gasteiger partial charge in [-0.05, 0) is 86.2 Å². The Bertz CT molecular complexity index is 1670. The number of hydrogen-bond acceptors (Lipinski definition) is 6. The Labute approximate surface area is 233 Å². The van der Waals surface area contributed by atoms with Gasteiger partial charge in [-0.1, -0.05) is 12.1 Å². The Morgan fingerprint density at radius 3 is 2.45 bits per heavy atom. The number of benzene rings is 3. The number of aliphatic hydroxyl groups is 1. The van der Waals surface area contributed by atoms with Gasteiger partial charge >= 0.3 is 0 Å². The molecule has 1 saturated carbocycles. The highest BCUT2D eigenvalue weighted by Crippen LogP contribution is 2.31.